The van der Waals surface area contributed by atoms with E-state index < -0.39 is 0 Å². The summed E-state index contributed by atoms with van der Waals surface area (Å²) in [5.41, 5.74) is 1.14. The highest BCUT2D eigenvalue weighted by molar-refractivity contribution is 5.74. The van der Waals surface area contributed by atoms with Crippen LogP contribution in [0.3, 0.4) is 0 Å². The Kier molecular flexibility index (Phi) is 5.41. The van der Waals surface area contributed by atoms with Crippen LogP contribution >= 0.6 is 0 Å². The molecule has 0 heterocycles. The maximum Gasteiger partial charge on any atom is 0.315 e. The van der Waals surface area contributed by atoms with Gasteiger partial charge in [-0.15, -0.1) is 0 Å². The van der Waals surface area contributed by atoms with Crippen molar-refractivity contribution in [2.75, 3.05) is 6.61 Å². The maximum absolute atomic E-state index is 12.0. The predicted molar refractivity (Wildman–Crippen MR) is 79.4 cm³/mol. The summed E-state index contributed by atoms with van der Waals surface area (Å²) in [6.07, 6.45) is 4.82. The highest BCUT2D eigenvalue weighted by Gasteiger charge is 2.24. The first kappa shape index (κ1) is 14.9. The van der Waals surface area contributed by atoms with Crippen LogP contribution in [-0.2, 0) is 0 Å². The Morgan fingerprint density at radius 1 is 1.30 bits per heavy atom. The van der Waals surface area contributed by atoms with Crippen molar-refractivity contribution in [1.82, 2.24) is 10.6 Å². The van der Waals surface area contributed by atoms with Gasteiger partial charge in [-0.2, -0.15) is 0 Å². The van der Waals surface area contributed by atoms with E-state index in [-0.39, 0.29) is 24.7 Å². The van der Waals surface area contributed by atoms with Crippen LogP contribution in [0.25, 0.3) is 0 Å². The third-order valence-electron chi connectivity index (χ3n) is 3.95. The number of rotatable bonds is 6. The van der Waals surface area contributed by atoms with E-state index in [0.29, 0.717) is 0 Å². The summed E-state index contributed by atoms with van der Waals surface area (Å²) in [6, 6.07) is 9.70. The molecule has 4 heteroatoms. The fraction of sp³-hybridized carbons (Fsp3) is 0.562. The van der Waals surface area contributed by atoms with Crippen molar-refractivity contribution in [2.45, 2.75) is 44.7 Å². The molecule has 1 aromatic rings. The largest absolute Gasteiger partial charge is 0.394 e. The van der Waals surface area contributed by atoms with E-state index in [9.17, 15) is 4.79 Å². The van der Waals surface area contributed by atoms with E-state index in [1.54, 1.807) is 6.92 Å². The summed E-state index contributed by atoms with van der Waals surface area (Å²) in [5, 5.41) is 14.8. The van der Waals surface area contributed by atoms with Gasteiger partial charge in [-0.3, -0.25) is 0 Å². The van der Waals surface area contributed by atoms with E-state index in [2.05, 4.69) is 22.8 Å². The minimum atomic E-state index is -0.227. The normalized spacial score (nSPS) is 17.9. The van der Waals surface area contributed by atoms with Crippen LogP contribution in [0.2, 0.25) is 0 Å². The molecule has 0 aromatic heterocycles. The number of urea groups is 1. The van der Waals surface area contributed by atoms with Crippen molar-refractivity contribution >= 4 is 6.03 Å². The molecule has 2 amide bonds. The highest BCUT2D eigenvalue weighted by Crippen LogP contribution is 2.34. The SMILES string of the molecule is C[C@H](CO)NC(=O)N[C@@H](CC1CCC1)c1ccccc1. The van der Waals surface area contributed by atoms with E-state index in [0.717, 1.165) is 17.9 Å². The van der Waals surface area contributed by atoms with Crippen LogP contribution in [0.1, 0.15) is 44.2 Å². The van der Waals surface area contributed by atoms with Gasteiger partial charge in [0, 0.05) is 0 Å². The van der Waals surface area contributed by atoms with Crippen molar-refractivity contribution in [3.8, 4) is 0 Å². The van der Waals surface area contributed by atoms with Gasteiger partial charge in [-0.05, 0) is 24.8 Å². The van der Waals surface area contributed by atoms with Gasteiger partial charge < -0.3 is 15.7 Å². The molecule has 1 aliphatic rings. The summed E-state index contributed by atoms with van der Waals surface area (Å²) < 4.78 is 0. The Morgan fingerprint density at radius 3 is 2.55 bits per heavy atom. The fourth-order valence-electron chi connectivity index (χ4n) is 2.49. The molecule has 0 bridgehead atoms. The van der Waals surface area contributed by atoms with Gasteiger partial charge in [0.2, 0.25) is 0 Å². The van der Waals surface area contributed by atoms with Crippen molar-refractivity contribution in [3.05, 3.63) is 35.9 Å². The number of amides is 2. The Hall–Kier alpha value is -1.55. The van der Waals surface area contributed by atoms with Crippen molar-refractivity contribution in [1.29, 1.82) is 0 Å². The molecule has 110 valence electrons. The average Bonchev–Trinajstić information content (AvgIpc) is 2.42. The molecule has 0 unspecified atom stereocenters. The third-order valence-corrected chi connectivity index (χ3v) is 3.95. The van der Waals surface area contributed by atoms with E-state index in [1.807, 2.05) is 18.2 Å². The molecule has 20 heavy (non-hydrogen) atoms. The molecule has 1 saturated carbocycles. The van der Waals surface area contributed by atoms with Gasteiger partial charge in [0.15, 0.2) is 0 Å². The molecular weight excluding hydrogens is 252 g/mol. The van der Waals surface area contributed by atoms with Crippen LogP contribution in [-0.4, -0.2) is 23.8 Å². The number of aliphatic hydroxyl groups is 1. The van der Waals surface area contributed by atoms with Gasteiger partial charge in [0.1, 0.15) is 0 Å². The van der Waals surface area contributed by atoms with Crippen molar-refractivity contribution < 1.29 is 9.90 Å². The fourth-order valence-corrected chi connectivity index (χ4v) is 2.49. The van der Waals surface area contributed by atoms with Gasteiger partial charge in [0.05, 0.1) is 18.7 Å². The van der Waals surface area contributed by atoms with Crippen molar-refractivity contribution in [3.63, 3.8) is 0 Å². The number of nitrogens with one attached hydrogen (secondary N) is 2. The molecule has 1 aliphatic carbocycles. The van der Waals surface area contributed by atoms with Crippen LogP contribution in [0.15, 0.2) is 30.3 Å². The Morgan fingerprint density at radius 2 is 2.00 bits per heavy atom. The Balaban J connectivity index is 1.97. The minimum Gasteiger partial charge on any atom is -0.394 e. The van der Waals surface area contributed by atoms with Gasteiger partial charge in [0.25, 0.3) is 0 Å². The second-order valence-corrected chi connectivity index (χ2v) is 5.70. The lowest BCUT2D eigenvalue weighted by molar-refractivity contribution is 0.210. The molecular formula is C16H24N2O2. The lowest BCUT2D eigenvalue weighted by Crippen LogP contribution is -2.44. The zero-order valence-electron chi connectivity index (χ0n) is 12.0. The quantitative estimate of drug-likeness (QED) is 0.748. The lowest BCUT2D eigenvalue weighted by Gasteiger charge is -2.30. The summed E-state index contributed by atoms with van der Waals surface area (Å²) in [4.78, 5) is 12.0. The zero-order valence-corrected chi connectivity index (χ0v) is 12.0. The predicted octanol–water partition coefficient (Wildman–Crippen LogP) is 2.60. The molecule has 1 fully saturated rings. The molecule has 0 saturated heterocycles. The summed E-state index contributed by atoms with van der Waals surface area (Å²) in [7, 11) is 0. The standard InChI is InChI=1S/C16H24N2O2/c1-12(11-19)17-16(20)18-15(10-13-6-5-7-13)14-8-3-2-4-9-14/h2-4,8-9,12-13,15,19H,5-7,10-11H2,1H3,(H2,17,18,20)/t12-,15+/m1/s1. The van der Waals surface area contributed by atoms with E-state index in [4.69, 9.17) is 5.11 Å². The molecule has 1 aromatic carbocycles. The highest BCUT2D eigenvalue weighted by atomic mass is 16.3. The number of aliphatic hydroxyl groups excluding tert-OH is 1. The first-order valence-corrected chi connectivity index (χ1v) is 7.42. The van der Waals surface area contributed by atoms with Crippen LogP contribution in [0.4, 0.5) is 4.79 Å². The second kappa shape index (κ2) is 7.29. The second-order valence-electron chi connectivity index (χ2n) is 5.70. The monoisotopic (exact) mass is 276 g/mol. The smallest absolute Gasteiger partial charge is 0.315 e. The summed E-state index contributed by atoms with van der Waals surface area (Å²) in [5.74, 6) is 0.718. The topological polar surface area (TPSA) is 61.4 Å². The number of carbonyl (C=O) groups is 1. The van der Waals surface area contributed by atoms with Crippen LogP contribution in [0, 0.1) is 5.92 Å². The van der Waals surface area contributed by atoms with Gasteiger partial charge in [-0.25, -0.2) is 4.79 Å². The summed E-state index contributed by atoms with van der Waals surface area (Å²) >= 11 is 0. The molecule has 0 spiro atoms. The van der Waals surface area contributed by atoms with E-state index >= 15 is 0 Å². The lowest BCUT2D eigenvalue weighted by atomic mass is 9.79. The number of hydrogen-bond donors (Lipinski definition) is 3. The minimum absolute atomic E-state index is 0.0485. The number of hydrogen-bond acceptors (Lipinski definition) is 2. The number of carbonyl (C=O) groups excluding carboxylic acids is 1. The third kappa shape index (κ3) is 4.23. The van der Waals surface area contributed by atoms with Gasteiger partial charge >= 0.3 is 6.03 Å². The zero-order chi connectivity index (χ0) is 14.4. The molecule has 3 N–H and O–H groups in total. The molecule has 4 nitrogen and oxygen atoms in total. The van der Waals surface area contributed by atoms with E-state index in [1.165, 1.54) is 19.3 Å². The van der Waals surface area contributed by atoms with Crippen LogP contribution < -0.4 is 10.6 Å². The first-order chi connectivity index (χ1) is 9.69. The maximum atomic E-state index is 12.0. The molecule has 2 rings (SSSR count). The summed E-state index contributed by atoms with van der Waals surface area (Å²) in [6.45, 7) is 1.73. The average molecular weight is 276 g/mol. The molecule has 0 radical (unpaired) electrons. The molecule has 0 aliphatic heterocycles. The van der Waals surface area contributed by atoms with Gasteiger partial charge in [-0.1, -0.05) is 49.6 Å². The van der Waals surface area contributed by atoms with Crippen LogP contribution in [0.5, 0.6) is 0 Å². The number of benzene rings is 1. The molecule has 2 atom stereocenters. The van der Waals surface area contributed by atoms with Crippen molar-refractivity contribution in [2.24, 2.45) is 5.92 Å². The Labute approximate surface area is 120 Å². The first-order valence-electron chi connectivity index (χ1n) is 7.42. The Bertz CT molecular complexity index is 418.